The predicted molar refractivity (Wildman–Crippen MR) is 89.8 cm³/mol. The molecular formula is C18H26N2O3. The third-order valence-electron chi connectivity index (χ3n) is 4.89. The number of hydrogen-bond acceptors (Lipinski definition) is 3. The van der Waals surface area contributed by atoms with E-state index in [9.17, 15) is 4.79 Å². The molecule has 3 rings (SSSR count). The number of carbonyl (C=O) groups excluding carboxylic acids is 1. The van der Waals surface area contributed by atoms with E-state index in [0.717, 1.165) is 13.0 Å². The second-order valence-electron chi connectivity index (χ2n) is 7.30. The second kappa shape index (κ2) is 6.04. The second-order valence-corrected chi connectivity index (χ2v) is 7.30. The molecule has 126 valence electrons. The molecule has 0 unspecified atom stereocenters. The van der Waals surface area contributed by atoms with Crippen molar-refractivity contribution in [3.8, 4) is 5.75 Å². The van der Waals surface area contributed by atoms with Gasteiger partial charge in [0, 0.05) is 24.0 Å². The van der Waals surface area contributed by atoms with E-state index >= 15 is 0 Å². The first-order valence-corrected chi connectivity index (χ1v) is 8.34. The standard InChI is InChI=1S/C18H26N2O3/c1-11(2)23-14-8-6-5-7-13(14)19-17(21)20-15-12-9-10-22-16(12)18(15,3)4/h5-8,11-12,15-16H,9-10H2,1-4H3,(H2,19,20,21)/t12-,15-,16+/m1/s1. The summed E-state index contributed by atoms with van der Waals surface area (Å²) in [5.41, 5.74) is 0.668. The number of ether oxygens (including phenoxy) is 2. The minimum Gasteiger partial charge on any atom is -0.489 e. The van der Waals surface area contributed by atoms with E-state index in [1.54, 1.807) is 0 Å². The third kappa shape index (κ3) is 3.02. The molecule has 23 heavy (non-hydrogen) atoms. The molecule has 1 aromatic carbocycles. The monoisotopic (exact) mass is 318 g/mol. The van der Waals surface area contributed by atoms with Crippen LogP contribution in [0.2, 0.25) is 0 Å². The number of carbonyl (C=O) groups is 1. The van der Waals surface area contributed by atoms with Crippen LogP contribution in [0.1, 0.15) is 34.1 Å². The number of amides is 2. The molecule has 1 saturated heterocycles. The van der Waals surface area contributed by atoms with Crippen molar-refractivity contribution < 1.29 is 14.3 Å². The van der Waals surface area contributed by atoms with Gasteiger partial charge in [0.25, 0.3) is 0 Å². The number of benzene rings is 1. The number of fused-ring (bicyclic) bond motifs is 1. The van der Waals surface area contributed by atoms with Gasteiger partial charge in [0.15, 0.2) is 0 Å². The van der Waals surface area contributed by atoms with E-state index in [0.29, 0.717) is 17.4 Å². The first kappa shape index (κ1) is 16.1. The van der Waals surface area contributed by atoms with Crippen molar-refractivity contribution in [3.05, 3.63) is 24.3 Å². The van der Waals surface area contributed by atoms with Gasteiger partial charge in [-0.15, -0.1) is 0 Å². The topological polar surface area (TPSA) is 59.6 Å². The third-order valence-corrected chi connectivity index (χ3v) is 4.89. The summed E-state index contributed by atoms with van der Waals surface area (Å²) in [5.74, 6) is 1.12. The predicted octanol–water partition coefficient (Wildman–Crippen LogP) is 3.41. The van der Waals surface area contributed by atoms with Crippen molar-refractivity contribution in [1.82, 2.24) is 5.32 Å². The fourth-order valence-corrected chi connectivity index (χ4v) is 3.84. The minimum atomic E-state index is -0.187. The summed E-state index contributed by atoms with van der Waals surface area (Å²) >= 11 is 0. The molecule has 1 heterocycles. The quantitative estimate of drug-likeness (QED) is 0.894. The van der Waals surface area contributed by atoms with Gasteiger partial charge < -0.3 is 20.1 Å². The van der Waals surface area contributed by atoms with Crippen LogP contribution < -0.4 is 15.4 Å². The first-order valence-electron chi connectivity index (χ1n) is 8.34. The Hall–Kier alpha value is -1.75. The van der Waals surface area contributed by atoms with Gasteiger partial charge in [-0.1, -0.05) is 26.0 Å². The van der Waals surface area contributed by atoms with Crippen LogP contribution in [-0.4, -0.2) is 30.9 Å². The Kier molecular flexibility index (Phi) is 4.23. The lowest BCUT2D eigenvalue weighted by Gasteiger charge is -2.54. The van der Waals surface area contributed by atoms with Gasteiger partial charge in [0.05, 0.1) is 17.9 Å². The van der Waals surface area contributed by atoms with E-state index in [1.165, 1.54) is 0 Å². The number of rotatable bonds is 4. The molecule has 0 spiro atoms. The highest BCUT2D eigenvalue weighted by atomic mass is 16.5. The van der Waals surface area contributed by atoms with Gasteiger partial charge in [-0.25, -0.2) is 4.79 Å². The van der Waals surface area contributed by atoms with Crippen LogP contribution >= 0.6 is 0 Å². The van der Waals surface area contributed by atoms with Crippen molar-refractivity contribution in [3.63, 3.8) is 0 Å². The summed E-state index contributed by atoms with van der Waals surface area (Å²) in [7, 11) is 0. The Morgan fingerprint density at radius 3 is 2.83 bits per heavy atom. The van der Waals surface area contributed by atoms with Crippen molar-refractivity contribution in [2.24, 2.45) is 11.3 Å². The zero-order valence-corrected chi connectivity index (χ0v) is 14.3. The number of hydrogen-bond donors (Lipinski definition) is 2. The maximum absolute atomic E-state index is 12.4. The lowest BCUT2D eigenvalue weighted by Crippen LogP contribution is -2.67. The van der Waals surface area contributed by atoms with Crippen LogP contribution in [0.15, 0.2) is 24.3 Å². The summed E-state index contributed by atoms with van der Waals surface area (Å²) in [6, 6.07) is 7.46. The summed E-state index contributed by atoms with van der Waals surface area (Å²) < 4.78 is 11.5. The van der Waals surface area contributed by atoms with E-state index < -0.39 is 0 Å². The Morgan fingerprint density at radius 2 is 2.09 bits per heavy atom. The number of anilines is 1. The molecule has 2 N–H and O–H groups in total. The lowest BCUT2D eigenvalue weighted by molar-refractivity contribution is -0.107. The molecule has 2 amide bonds. The molecule has 5 heteroatoms. The average Bonchev–Trinajstić information content (AvgIpc) is 2.93. The van der Waals surface area contributed by atoms with E-state index in [1.807, 2.05) is 38.1 Å². The van der Waals surface area contributed by atoms with Crippen molar-refractivity contribution in [1.29, 1.82) is 0 Å². The maximum Gasteiger partial charge on any atom is 0.319 e. The molecule has 1 saturated carbocycles. The zero-order valence-electron chi connectivity index (χ0n) is 14.3. The Morgan fingerprint density at radius 1 is 1.35 bits per heavy atom. The number of nitrogens with one attached hydrogen (secondary N) is 2. The Balaban J connectivity index is 1.64. The first-order chi connectivity index (χ1) is 10.9. The normalized spacial score (nSPS) is 28.0. The number of urea groups is 1. The molecule has 1 aromatic rings. The van der Waals surface area contributed by atoms with Gasteiger partial charge in [-0.3, -0.25) is 0 Å². The molecule has 0 aromatic heterocycles. The average molecular weight is 318 g/mol. The molecule has 1 aliphatic heterocycles. The Bertz CT molecular complexity index is 585. The smallest absolute Gasteiger partial charge is 0.319 e. The summed E-state index contributed by atoms with van der Waals surface area (Å²) in [6.45, 7) is 9.03. The van der Waals surface area contributed by atoms with Gasteiger partial charge in [-0.05, 0) is 32.4 Å². The highest BCUT2D eigenvalue weighted by Crippen LogP contribution is 2.52. The van der Waals surface area contributed by atoms with Crippen LogP contribution in [0.5, 0.6) is 5.75 Å². The molecule has 1 aliphatic carbocycles. The molecule has 3 atom stereocenters. The van der Waals surface area contributed by atoms with Crippen molar-refractivity contribution in [2.75, 3.05) is 11.9 Å². The van der Waals surface area contributed by atoms with E-state index in [2.05, 4.69) is 24.5 Å². The van der Waals surface area contributed by atoms with Gasteiger partial charge in [0.1, 0.15) is 5.75 Å². The molecule has 2 aliphatic rings. The minimum absolute atomic E-state index is 0.0214. The lowest BCUT2D eigenvalue weighted by atomic mass is 9.57. The van der Waals surface area contributed by atoms with E-state index in [-0.39, 0.29) is 29.7 Å². The summed E-state index contributed by atoms with van der Waals surface area (Å²) in [4.78, 5) is 12.4. The zero-order chi connectivity index (χ0) is 16.6. The Labute approximate surface area is 137 Å². The fraction of sp³-hybridized carbons (Fsp3) is 0.611. The highest BCUT2D eigenvalue weighted by Gasteiger charge is 2.59. The van der Waals surface area contributed by atoms with Crippen LogP contribution in [0.3, 0.4) is 0 Å². The van der Waals surface area contributed by atoms with Crippen molar-refractivity contribution >= 4 is 11.7 Å². The molecule has 5 nitrogen and oxygen atoms in total. The summed E-state index contributed by atoms with van der Waals surface area (Å²) in [6.07, 6.45) is 1.35. The van der Waals surface area contributed by atoms with Crippen LogP contribution in [0.25, 0.3) is 0 Å². The highest BCUT2D eigenvalue weighted by molar-refractivity contribution is 5.91. The van der Waals surface area contributed by atoms with Gasteiger partial charge in [-0.2, -0.15) is 0 Å². The molecule has 0 bridgehead atoms. The summed E-state index contributed by atoms with van der Waals surface area (Å²) in [5, 5.41) is 6.04. The fourth-order valence-electron chi connectivity index (χ4n) is 3.84. The van der Waals surface area contributed by atoms with Gasteiger partial charge in [0.2, 0.25) is 0 Å². The van der Waals surface area contributed by atoms with E-state index in [4.69, 9.17) is 9.47 Å². The van der Waals surface area contributed by atoms with Crippen LogP contribution in [-0.2, 0) is 4.74 Å². The molecule has 2 fully saturated rings. The van der Waals surface area contributed by atoms with Gasteiger partial charge >= 0.3 is 6.03 Å². The van der Waals surface area contributed by atoms with Crippen LogP contribution in [0, 0.1) is 11.3 Å². The molecule has 0 radical (unpaired) electrons. The van der Waals surface area contributed by atoms with Crippen LogP contribution in [0.4, 0.5) is 10.5 Å². The molecular weight excluding hydrogens is 292 g/mol. The largest absolute Gasteiger partial charge is 0.489 e. The van der Waals surface area contributed by atoms with Crippen molar-refractivity contribution in [2.45, 2.75) is 52.4 Å². The number of para-hydroxylation sites is 2. The maximum atomic E-state index is 12.4. The SMILES string of the molecule is CC(C)Oc1ccccc1NC(=O)N[C@@H]1[C@H]2CCO[C@@H]2C1(C)C.